The zero-order chi connectivity index (χ0) is 13.7. The number of ether oxygens (including phenoxy) is 2. The second-order valence-corrected chi connectivity index (χ2v) is 3.96. The highest BCUT2D eigenvalue weighted by atomic mass is 16.5. The van der Waals surface area contributed by atoms with Gasteiger partial charge in [-0.15, -0.1) is 0 Å². The van der Waals surface area contributed by atoms with Crippen molar-refractivity contribution in [1.82, 2.24) is 5.32 Å². The molecule has 18 heavy (non-hydrogen) atoms. The van der Waals surface area contributed by atoms with E-state index in [1.54, 1.807) is 39.1 Å². The van der Waals surface area contributed by atoms with E-state index in [-0.39, 0.29) is 5.91 Å². The van der Waals surface area contributed by atoms with Crippen molar-refractivity contribution in [2.45, 2.75) is 26.1 Å². The number of nitrogens with one attached hydrogen (secondary N) is 1. The van der Waals surface area contributed by atoms with Crippen LogP contribution in [-0.4, -0.2) is 31.3 Å². The normalized spacial score (nSPS) is 13.6. The van der Waals surface area contributed by atoms with Gasteiger partial charge < -0.3 is 19.9 Å². The molecule has 1 amide bonds. The minimum Gasteiger partial charge on any atom is -0.493 e. The SMILES string of the molecule is CNC(=O)C(C)Oc1ccc([C@@H](C)O)cc1OC. The van der Waals surface area contributed by atoms with Crippen molar-refractivity contribution in [1.29, 1.82) is 0 Å². The molecule has 0 fully saturated rings. The van der Waals surface area contributed by atoms with E-state index in [0.29, 0.717) is 11.5 Å². The van der Waals surface area contributed by atoms with Crippen molar-refractivity contribution in [2.75, 3.05) is 14.2 Å². The smallest absolute Gasteiger partial charge is 0.260 e. The monoisotopic (exact) mass is 253 g/mol. The van der Waals surface area contributed by atoms with E-state index in [4.69, 9.17) is 9.47 Å². The van der Waals surface area contributed by atoms with Gasteiger partial charge in [0, 0.05) is 7.05 Å². The molecule has 100 valence electrons. The lowest BCUT2D eigenvalue weighted by atomic mass is 10.1. The summed E-state index contributed by atoms with van der Waals surface area (Å²) in [6, 6.07) is 5.11. The van der Waals surface area contributed by atoms with Gasteiger partial charge in [0.15, 0.2) is 17.6 Å². The molecule has 0 aromatic heterocycles. The van der Waals surface area contributed by atoms with E-state index in [2.05, 4.69) is 5.32 Å². The van der Waals surface area contributed by atoms with Gasteiger partial charge in [-0.25, -0.2) is 0 Å². The van der Waals surface area contributed by atoms with Crippen molar-refractivity contribution < 1.29 is 19.4 Å². The highest BCUT2D eigenvalue weighted by molar-refractivity contribution is 5.80. The first-order valence-electron chi connectivity index (χ1n) is 5.73. The molecule has 0 bridgehead atoms. The Morgan fingerprint density at radius 1 is 1.33 bits per heavy atom. The van der Waals surface area contributed by atoms with Gasteiger partial charge in [-0.2, -0.15) is 0 Å². The summed E-state index contributed by atoms with van der Waals surface area (Å²) < 4.78 is 10.7. The Labute approximate surface area is 107 Å². The number of carbonyl (C=O) groups excluding carboxylic acids is 1. The van der Waals surface area contributed by atoms with Gasteiger partial charge in [0.25, 0.3) is 5.91 Å². The number of aliphatic hydroxyl groups is 1. The van der Waals surface area contributed by atoms with Gasteiger partial charge in [-0.1, -0.05) is 6.07 Å². The summed E-state index contributed by atoms with van der Waals surface area (Å²) >= 11 is 0. The predicted octanol–water partition coefficient (Wildman–Crippen LogP) is 1.26. The van der Waals surface area contributed by atoms with E-state index in [0.717, 1.165) is 5.56 Å². The number of methoxy groups -OCH3 is 1. The Hall–Kier alpha value is -1.75. The van der Waals surface area contributed by atoms with Crippen LogP contribution in [0.3, 0.4) is 0 Å². The van der Waals surface area contributed by atoms with E-state index < -0.39 is 12.2 Å². The molecule has 0 heterocycles. The van der Waals surface area contributed by atoms with Crippen LogP contribution < -0.4 is 14.8 Å². The van der Waals surface area contributed by atoms with E-state index in [1.165, 1.54) is 7.11 Å². The van der Waals surface area contributed by atoms with Crippen LogP contribution in [0.1, 0.15) is 25.5 Å². The molecule has 1 unspecified atom stereocenters. The first kappa shape index (κ1) is 14.3. The second-order valence-electron chi connectivity index (χ2n) is 3.96. The zero-order valence-corrected chi connectivity index (χ0v) is 11.1. The van der Waals surface area contributed by atoms with Crippen molar-refractivity contribution >= 4 is 5.91 Å². The minimum atomic E-state index is -0.610. The number of hydrogen-bond donors (Lipinski definition) is 2. The molecule has 0 spiro atoms. The molecule has 0 radical (unpaired) electrons. The lowest BCUT2D eigenvalue weighted by Crippen LogP contribution is -2.33. The van der Waals surface area contributed by atoms with Crippen LogP contribution in [-0.2, 0) is 4.79 Å². The predicted molar refractivity (Wildman–Crippen MR) is 67.8 cm³/mol. The van der Waals surface area contributed by atoms with Crippen molar-refractivity contribution in [3.63, 3.8) is 0 Å². The summed E-state index contributed by atoms with van der Waals surface area (Å²) in [6.07, 6.45) is -1.19. The van der Waals surface area contributed by atoms with Crippen LogP contribution in [0.25, 0.3) is 0 Å². The maximum Gasteiger partial charge on any atom is 0.260 e. The van der Waals surface area contributed by atoms with Gasteiger partial charge in [-0.3, -0.25) is 4.79 Å². The number of hydrogen-bond acceptors (Lipinski definition) is 4. The largest absolute Gasteiger partial charge is 0.493 e. The Morgan fingerprint density at radius 3 is 2.50 bits per heavy atom. The number of rotatable bonds is 5. The lowest BCUT2D eigenvalue weighted by Gasteiger charge is -2.17. The first-order chi connectivity index (χ1) is 8.49. The Morgan fingerprint density at radius 2 is 2.00 bits per heavy atom. The highest BCUT2D eigenvalue weighted by Gasteiger charge is 2.16. The molecule has 2 N–H and O–H groups in total. The van der Waals surface area contributed by atoms with E-state index in [9.17, 15) is 9.90 Å². The van der Waals surface area contributed by atoms with Gasteiger partial charge in [-0.05, 0) is 31.5 Å². The van der Waals surface area contributed by atoms with Crippen LogP contribution in [0, 0.1) is 0 Å². The third kappa shape index (κ3) is 3.37. The fourth-order valence-electron chi connectivity index (χ4n) is 1.49. The molecule has 1 rings (SSSR count). The third-order valence-electron chi connectivity index (χ3n) is 2.59. The first-order valence-corrected chi connectivity index (χ1v) is 5.73. The van der Waals surface area contributed by atoms with Crippen LogP contribution >= 0.6 is 0 Å². The molecule has 0 aliphatic rings. The van der Waals surface area contributed by atoms with Gasteiger partial charge in [0.05, 0.1) is 13.2 Å². The minimum absolute atomic E-state index is 0.211. The fraction of sp³-hybridized carbons (Fsp3) is 0.462. The maximum absolute atomic E-state index is 11.4. The molecule has 0 saturated carbocycles. The van der Waals surface area contributed by atoms with Gasteiger partial charge >= 0.3 is 0 Å². The molecular formula is C13H19NO4. The van der Waals surface area contributed by atoms with Crippen molar-refractivity contribution in [3.05, 3.63) is 23.8 Å². The van der Waals surface area contributed by atoms with Crippen LogP contribution in [0.2, 0.25) is 0 Å². The van der Waals surface area contributed by atoms with Crippen LogP contribution in [0.5, 0.6) is 11.5 Å². The van der Waals surface area contributed by atoms with Crippen molar-refractivity contribution in [2.24, 2.45) is 0 Å². The van der Waals surface area contributed by atoms with Gasteiger partial charge in [0.2, 0.25) is 0 Å². The molecule has 2 atom stereocenters. The molecule has 5 nitrogen and oxygen atoms in total. The van der Waals surface area contributed by atoms with E-state index >= 15 is 0 Å². The van der Waals surface area contributed by atoms with Crippen LogP contribution in [0.4, 0.5) is 0 Å². The summed E-state index contributed by atoms with van der Waals surface area (Å²) in [7, 11) is 3.06. The molecule has 1 aromatic carbocycles. The van der Waals surface area contributed by atoms with E-state index in [1.807, 2.05) is 0 Å². The highest BCUT2D eigenvalue weighted by Crippen LogP contribution is 2.30. The Kier molecular flexibility index (Phi) is 4.97. The quantitative estimate of drug-likeness (QED) is 0.829. The third-order valence-corrected chi connectivity index (χ3v) is 2.59. The summed E-state index contributed by atoms with van der Waals surface area (Å²) in [5.74, 6) is 0.749. The summed E-state index contributed by atoms with van der Waals surface area (Å²) in [5.41, 5.74) is 0.729. The topological polar surface area (TPSA) is 67.8 Å². The molecular weight excluding hydrogens is 234 g/mol. The number of likely N-dealkylation sites (N-methyl/N-ethyl adjacent to an activating group) is 1. The Bertz CT molecular complexity index is 417. The number of amides is 1. The molecule has 5 heteroatoms. The molecule has 0 aliphatic heterocycles. The van der Waals surface area contributed by atoms with Gasteiger partial charge in [0.1, 0.15) is 0 Å². The van der Waals surface area contributed by atoms with Crippen molar-refractivity contribution in [3.8, 4) is 11.5 Å². The van der Waals surface area contributed by atoms with Crippen LogP contribution in [0.15, 0.2) is 18.2 Å². The molecule has 0 saturated heterocycles. The lowest BCUT2D eigenvalue weighted by molar-refractivity contribution is -0.126. The Balaban J connectivity index is 2.92. The summed E-state index contributed by atoms with van der Waals surface area (Å²) in [4.78, 5) is 11.4. The summed E-state index contributed by atoms with van der Waals surface area (Å²) in [5, 5.41) is 12.0. The average Bonchev–Trinajstić information content (AvgIpc) is 2.37. The standard InChI is InChI=1S/C13H19NO4/c1-8(15)10-5-6-11(12(7-10)17-4)18-9(2)13(16)14-3/h5-9,15H,1-4H3,(H,14,16)/t8-,9?/m1/s1. The zero-order valence-electron chi connectivity index (χ0n) is 11.1. The fourth-order valence-corrected chi connectivity index (χ4v) is 1.49. The number of carbonyl (C=O) groups is 1. The molecule has 1 aromatic rings. The summed E-state index contributed by atoms with van der Waals surface area (Å²) in [6.45, 7) is 3.32. The maximum atomic E-state index is 11.4. The number of aliphatic hydroxyl groups excluding tert-OH is 1. The second kappa shape index (κ2) is 6.26. The number of benzene rings is 1. The average molecular weight is 253 g/mol. The molecule has 0 aliphatic carbocycles.